The largest absolute Gasteiger partial charge is 0.0780 e. The Bertz CT molecular complexity index is 522. The lowest BCUT2D eigenvalue weighted by Crippen LogP contribution is -2.25. The molecule has 0 amide bonds. The Balaban J connectivity index is 2.00. The van der Waals surface area contributed by atoms with Crippen molar-refractivity contribution in [2.45, 2.75) is 33.4 Å². The molecule has 0 N–H and O–H groups in total. The Morgan fingerprint density at radius 3 is 1.53 bits per heavy atom. The number of benzene rings is 2. The van der Waals surface area contributed by atoms with Crippen LogP contribution in [-0.4, -0.2) is 19.0 Å². The van der Waals surface area contributed by atoms with Crippen LogP contribution in [0.25, 0.3) is 0 Å². The maximum Gasteiger partial charge on any atom is 0.0780 e. The van der Waals surface area contributed by atoms with Crippen LogP contribution in [0.4, 0.5) is 0 Å². The van der Waals surface area contributed by atoms with E-state index in [4.69, 9.17) is 0 Å². The zero-order valence-electron chi connectivity index (χ0n) is 12.2. The van der Waals surface area contributed by atoms with Gasteiger partial charge in [0.25, 0.3) is 0 Å². The van der Waals surface area contributed by atoms with Gasteiger partial charge in [-0.1, -0.05) is 52.4 Å². The summed E-state index contributed by atoms with van der Waals surface area (Å²) in [7, 11) is 1.86. The lowest BCUT2D eigenvalue weighted by molar-refractivity contribution is 1.36. The normalized spacial score (nSPS) is 10.7. The fourth-order valence-corrected chi connectivity index (χ4v) is 5.35. The summed E-state index contributed by atoms with van der Waals surface area (Å²) in [6.07, 6.45) is 0. The molecule has 19 heavy (non-hydrogen) atoms. The van der Waals surface area contributed by atoms with Crippen LogP contribution in [0.15, 0.2) is 36.4 Å². The van der Waals surface area contributed by atoms with Gasteiger partial charge in [-0.15, -0.1) is 0 Å². The van der Waals surface area contributed by atoms with Gasteiger partial charge in [0.2, 0.25) is 0 Å². The van der Waals surface area contributed by atoms with E-state index in [0.29, 0.717) is 0 Å². The van der Waals surface area contributed by atoms with Crippen LogP contribution in [-0.2, 0) is 0 Å². The van der Waals surface area contributed by atoms with Crippen molar-refractivity contribution in [1.82, 2.24) is 0 Å². The van der Waals surface area contributed by atoms with Crippen molar-refractivity contribution in [1.29, 1.82) is 0 Å². The van der Waals surface area contributed by atoms with E-state index in [0.717, 1.165) is 19.0 Å². The van der Waals surface area contributed by atoms with Gasteiger partial charge in [0.15, 0.2) is 0 Å². The molecule has 0 saturated carbocycles. The van der Waals surface area contributed by atoms with Gasteiger partial charge in [0.05, 0.1) is 19.0 Å². The molecule has 2 rings (SSSR count). The first-order chi connectivity index (χ1) is 9.09. The van der Waals surface area contributed by atoms with Crippen LogP contribution in [0.2, 0.25) is 5.67 Å². The Kier molecular flexibility index (Phi) is 4.78. The summed E-state index contributed by atoms with van der Waals surface area (Å²) in [6, 6.07) is 13.4. The van der Waals surface area contributed by atoms with Crippen molar-refractivity contribution in [3.8, 4) is 0 Å². The Labute approximate surface area is 121 Å². The fourth-order valence-electron chi connectivity index (χ4n) is 2.12. The Morgan fingerprint density at radius 2 is 1.11 bits per heavy atom. The van der Waals surface area contributed by atoms with Crippen molar-refractivity contribution < 1.29 is 0 Å². The van der Waals surface area contributed by atoms with Crippen molar-refractivity contribution in [3.05, 3.63) is 58.7 Å². The molecule has 0 saturated heterocycles. The molecule has 0 bridgehead atoms. The van der Waals surface area contributed by atoms with Crippen molar-refractivity contribution in [3.63, 3.8) is 0 Å². The molecule has 0 fully saturated rings. The highest BCUT2D eigenvalue weighted by atomic mass is 28.3. The van der Waals surface area contributed by atoms with Crippen molar-refractivity contribution in [2.24, 2.45) is 0 Å². The number of hydrogen-bond donors (Lipinski definition) is 0. The predicted molar refractivity (Wildman–Crippen MR) is 87.4 cm³/mol. The van der Waals surface area contributed by atoms with Crippen LogP contribution in [0.5, 0.6) is 0 Å². The highest BCUT2D eigenvalue weighted by Gasteiger charge is 2.05. The molecule has 0 nitrogen and oxygen atoms in total. The highest BCUT2D eigenvalue weighted by Crippen LogP contribution is 2.04. The lowest BCUT2D eigenvalue weighted by atomic mass is 10.1. The van der Waals surface area contributed by atoms with E-state index >= 15 is 0 Å². The first kappa shape index (κ1) is 14.3. The van der Waals surface area contributed by atoms with Crippen LogP contribution in [0.3, 0.4) is 0 Å². The van der Waals surface area contributed by atoms with Gasteiger partial charge in [0.1, 0.15) is 0 Å². The molecule has 0 heterocycles. The topological polar surface area (TPSA) is 0 Å². The Hall–Kier alpha value is -1.13. The van der Waals surface area contributed by atoms with Crippen LogP contribution >= 0.6 is 0 Å². The smallest absolute Gasteiger partial charge is 0.0633 e. The first-order valence-electron chi connectivity index (χ1n) is 6.70. The van der Waals surface area contributed by atoms with Gasteiger partial charge in [-0.25, -0.2) is 0 Å². The molecular formula is C17H20Si2. The minimum atomic E-state index is 0.931. The molecular weight excluding hydrogens is 260 g/mol. The number of aryl methyl sites for hydroxylation is 2. The fraction of sp³-hybridized carbons (Fsp3) is 0.294. The van der Waals surface area contributed by atoms with E-state index in [1.54, 1.807) is 0 Å². The van der Waals surface area contributed by atoms with E-state index in [-0.39, 0.29) is 0 Å². The quantitative estimate of drug-likeness (QED) is 0.755. The van der Waals surface area contributed by atoms with Gasteiger partial charge in [-0.05, 0) is 49.9 Å². The van der Waals surface area contributed by atoms with Gasteiger partial charge >= 0.3 is 0 Å². The van der Waals surface area contributed by atoms with E-state index in [1.807, 2.05) is 0 Å². The van der Waals surface area contributed by atoms with E-state index in [1.165, 1.54) is 38.3 Å². The maximum absolute atomic E-state index is 2.29. The average molecular weight is 281 g/mol. The summed E-state index contributed by atoms with van der Waals surface area (Å²) >= 11 is 0. The third-order valence-corrected chi connectivity index (χ3v) is 7.03. The third kappa shape index (κ3) is 3.45. The molecule has 96 valence electrons. The molecule has 0 unspecified atom stereocenters. The molecule has 2 heteroatoms. The van der Waals surface area contributed by atoms with Gasteiger partial charge in [-0.3, -0.25) is 0 Å². The maximum atomic E-state index is 2.29. The van der Waals surface area contributed by atoms with Gasteiger partial charge in [-0.2, -0.15) is 0 Å². The zero-order chi connectivity index (χ0) is 13.8. The summed E-state index contributed by atoms with van der Waals surface area (Å²) in [4.78, 5) is 0. The molecule has 0 spiro atoms. The van der Waals surface area contributed by atoms with Crippen LogP contribution in [0.1, 0.15) is 22.3 Å². The van der Waals surface area contributed by atoms with Crippen molar-refractivity contribution >= 4 is 29.4 Å². The summed E-state index contributed by atoms with van der Waals surface area (Å²) in [5.74, 6) is 0. The van der Waals surface area contributed by atoms with E-state index < -0.39 is 0 Å². The minimum Gasteiger partial charge on any atom is -0.0633 e. The number of hydrogen-bond acceptors (Lipinski definition) is 0. The van der Waals surface area contributed by atoms with Gasteiger partial charge < -0.3 is 0 Å². The second-order valence-corrected chi connectivity index (χ2v) is 8.22. The predicted octanol–water partition coefficient (Wildman–Crippen LogP) is 2.66. The molecule has 2 aromatic carbocycles. The SMILES string of the molecule is Cc1cccc([Si]C[Si]c2cccc(C)c2C)c1C. The lowest BCUT2D eigenvalue weighted by Gasteiger charge is -2.09. The van der Waals surface area contributed by atoms with Crippen LogP contribution in [0, 0.1) is 27.7 Å². The summed E-state index contributed by atoms with van der Waals surface area (Å²) in [5.41, 5.74) is 7.08. The van der Waals surface area contributed by atoms with E-state index in [2.05, 4.69) is 64.1 Å². The summed E-state index contributed by atoms with van der Waals surface area (Å²) < 4.78 is 0. The van der Waals surface area contributed by atoms with Crippen LogP contribution < -0.4 is 10.4 Å². The second kappa shape index (κ2) is 6.35. The second-order valence-electron chi connectivity index (χ2n) is 5.03. The monoisotopic (exact) mass is 280 g/mol. The van der Waals surface area contributed by atoms with E-state index in [9.17, 15) is 0 Å². The highest BCUT2D eigenvalue weighted by molar-refractivity contribution is 6.71. The average Bonchev–Trinajstić information content (AvgIpc) is 2.39. The van der Waals surface area contributed by atoms with Gasteiger partial charge in [0, 0.05) is 0 Å². The molecule has 0 atom stereocenters. The summed E-state index contributed by atoms with van der Waals surface area (Å²) in [5, 5.41) is 3.08. The minimum absolute atomic E-state index is 0.931. The summed E-state index contributed by atoms with van der Waals surface area (Å²) in [6.45, 7) is 8.91. The first-order valence-corrected chi connectivity index (χ1v) is 9.11. The molecule has 2 aromatic rings. The molecule has 0 aromatic heterocycles. The molecule has 0 aliphatic carbocycles. The molecule has 4 radical (unpaired) electrons. The third-order valence-electron chi connectivity index (χ3n) is 3.77. The number of rotatable bonds is 4. The Morgan fingerprint density at radius 1 is 0.684 bits per heavy atom. The zero-order valence-corrected chi connectivity index (χ0v) is 14.2. The molecule has 0 aliphatic rings. The van der Waals surface area contributed by atoms with Crippen molar-refractivity contribution in [2.75, 3.05) is 0 Å². The standard InChI is InChI=1S/C17H20Si2/c1-12-7-5-9-16(14(12)3)18-11-19-17-10-6-8-13(2)15(17)4/h5-10H,11H2,1-4H3. The molecule has 0 aliphatic heterocycles.